The van der Waals surface area contributed by atoms with Crippen molar-refractivity contribution >= 4 is 0 Å². The first kappa shape index (κ1) is 12.0. The van der Waals surface area contributed by atoms with E-state index in [1.54, 1.807) is 0 Å². The maximum absolute atomic E-state index is 6.15. The zero-order chi connectivity index (χ0) is 9.99. The van der Waals surface area contributed by atoms with Crippen LogP contribution in [0.25, 0.3) is 0 Å². The maximum Gasteiger partial charge on any atom is 0.00951 e. The summed E-state index contributed by atoms with van der Waals surface area (Å²) < 4.78 is 0. The van der Waals surface area contributed by atoms with E-state index < -0.39 is 0 Å². The van der Waals surface area contributed by atoms with Crippen molar-refractivity contribution in [3.8, 4) is 0 Å². The summed E-state index contributed by atoms with van der Waals surface area (Å²) >= 11 is 0. The maximum atomic E-state index is 6.15. The van der Waals surface area contributed by atoms with E-state index in [1.807, 2.05) is 0 Å². The molecule has 0 rings (SSSR count). The summed E-state index contributed by atoms with van der Waals surface area (Å²) in [6, 6.07) is 0.322. The number of hydrogen-bond donors (Lipinski definition) is 1. The van der Waals surface area contributed by atoms with E-state index in [0.717, 1.165) is 12.8 Å². The SMILES string of the molecule is CCC(C)(C)C(N)CC(C)(C)C. The van der Waals surface area contributed by atoms with Crippen LogP contribution in [-0.2, 0) is 0 Å². The van der Waals surface area contributed by atoms with Crippen LogP contribution < -0.4 is 5.73 Å². The molecule has 1 heteroatoms. The summed E-state index contributed by atoms with van der Waals surface area (Å²) in [7, 11) is 0. The second kappa shape index (κ2) is 3.78. The van der Waals surface area contributed by atoms with Crippen LogP contribution >= 0.6 is 0 Å². The summed E-state index contributed by atoms with van der Waals surface area (Å²) in [6.07, 6.45) is 2.26. The van der Waals surface area contributed by atoms with Gasteiger partial charge in [0, 0.05) is 6.04 Å². The van der Waals surface area contributed by atoms with Crippen molar-refractivity contribution in [3.05, 3.63) is 0 Å². The van der Waals surface area contributed by atoms with Crippen molar-refractivity contribution in [2.45, 2.75) is 60.4 Å². The van der Waals surface area contributed by atoms with Crippen LogP contribution in [-0.4, -0.2) is 6.04 Å². The van der Waals surface area contributed by atoms with Crippen molar-refractivity contribution in [1.82, 2.24) is 0 Å². The molecular formula is C11H25N. The second-order valence-corrected chi connectivity index (χ2v) is 5.71. The molecule has 0 aliphatic carbocycles. The van der Waals surface area contributed by atoms with Crippen molar-refractivity contribution in [2.24, 2.45) is 16.6 Å². The lowest BCUT2D eigenvalue weighted by molar-refractivity contribution is 0.206. The fourth-order valence-corrected chi connectivity index (χ4v) is 1.20. The van der Waals surface area contributed by atoms with Gasteiger partial charge in [-0.2, -0.15) is 0 Å². The Balaban J connectivity index is 4.13. The summed E-state index contributed by atoms with van der Waals surface area (Å²) in [6.45, 7) is 13.5. The van der Waals surface area contributed by atoms with Gasteiger partial charge in [0.05, 0.1) is 0 Å². The van der Waals surface area contributed by atoms with E-state index in [1.165, 1.54) is 0 Å². The third-order valence-corrected chi connectivity index (χ3v) is 2.75. The number of nitrogens with two attached hydrogens (primary N) is 1. The Morgan fingerprint density at radius 2 is 1.50 bits per heavy atom. The highest BCUT2D eigenvalue weighted by molar-refractivity contribution is 4.83. The monoisotopic (exact) mass is 171 g/mol. The summed E-state index contributed by atoms with van der Waals surface area (Å²) in [5.41, 5.74) is 6.79. The molecule has 74 valence electrons. The largest absolute Gasteiger partial charge is 0.327 e. The van der Waals surface area contributed by atoms with Gasteiger partial charge in [0.25, 0.3) is 0 Å². The van der Waals surface area contributed by atoms with Gasteiger partial charge in [-0.1, -0.05) is 41.5 Å². The van der Waals surface area contributed by atoms with Crippen molar-refractivity contribution in [3.63, 3.8) is 0 Å². The highest BCUT2D eigenvalue weighted by Crippen LogP contribution is 2.31. The van der Waals surface area contributed by atoms with E-state index in [2.05, 4.69) is 41.5 Å². The van der Waals surface area contributed by atoms with E-state index in [-0.39, 0.29) is 5.41 Å². The summed E-state index contributed by atoms with van der Waals surface area (Å²) in [5.74, 6) is 0. The molecule has 1 atom stereocenters. The Morgan fingerprint density at radius 3 is 1.75 bits per heavy atom. The van der Waals surface area contributed by atoms with Gasteiger partial charge in [-0.25, -0.2) is 0 Å². The zero-order valence-electron chi connectivity index (χ0n) is 9.57. The van der Waals surface area contributed by atoms with E-state index in [9.17, 15) is 0 Å². The van der Waals surface area contributed by atoms with Crippen LogP contribution in [0.2, 0.25) is 0 Å². The van der Waals surface area contributed by atoms with Gasteiger partial charge in [-0.05, 0) is 23.7 Å². The average molecular weight is 171 g/mol. The normalized spacial score (nSPS) is 16.2. The molecule has 0 fully saturated rings. The quantitative estimate of drug-likeness (QED) is 0.693. The third-order valence-electron chi connectivity index (χ3n) is 2.75. The molecule has 1 nitrogen and oxygen atoms in total. The van der Waals surface area contributed by atoms with Crippen LogP contribution in [0.5, 0.6) is 0 Å². The smallest absolute Gasteiger partial charge is 0.00951 e. The van der Waals surface area contributed by atoms with Crippen LogP contribution in [0.15, 0.2) is 0 Å². The summed E-state index contributed by atoms with van der Waals surface area (Å²) in [5, 5.41) is 0. The van der Waals surface area contributed by atoms with Crippen LogP contribution in [0.3, 0.4) is 0 Å². The fraction of sp³-hybridized carbons (Fsp3) is 1.00. The minimum Gasteiger partial charge on any atom is -0.327 e. The Labute approximate surface area is 77.7 Å². The Kier molecular flexibility index (Phi) is 3.77. The predicted molar refractivity (Wildman–Crippen MR) is 56.1 cm³/mol. The highest BCUT2D eigenvalue weighted by Gasteiger charge is 2.27. The van der Waals surface area contributed by atoms with Gasteiger partial charge in [0.2, 0.25) is 0 Å². The topological polar surface area (TPSA) is 26.0 Å². The minimum atomic E-state index is 0.285. The van der Waals surface area contributed by atoms with Crippen molar-refractivity contribution in [2.75, 3.05) is 0 Å². The van der Waals surface area contributed by atoms with Gasteiger partial charge in [0.15, 0.2) is 0 Å². The molecule has 0 aromatic carbocycles. The lowest BCUT2D eigenvalue weighted by Gasteiger charge is -2.34. The minimum absolute atomic E-state index is 0.285. The first-order valence-electron chi connectivity index (χ1n) is 4.94. The molecule has 2 N–H and O–H groups in total. The van der Waals surface area contributed by atoms with Crippen LogP contribution in [0, 0.1) is 10.8 Å². The standard InChI is InChI=1S/C11H25N/c1-7-11(5,6)9(12)8-10(2,3)4/h9H,7-8,12H2,1-6H3. The van der Waals surface area contributed by atoms with Crippen molar-refractivity contribution in [1.29, 1.82) is 0 Å². The average Bonchev–Trinajstić information content (AvgIpc) is 1.84. The molecule has 0 aliphatic heterocycles. The van der Waals surface area contributed by atoms with E-state index in [0.29, 0.717) is 11.5 Å². The Hall–Kier alpha value is -0.0400. The lowest BCUT2D eigenvalue weighted by atomic mass is 9.75. The molecule has 0 aromatic heterocycles. The predicted octanol–water partition coefficient (Wildman–Crippen LogP) is 3.19. The van der Waals surface area contributed by atoms with E-state index >= 15 is 0 Å². The molecule has 0 saturated heterocycles. The van der Waals surface area contributed by atoms with Gasteiger partial charge in [-0.15, -0.1) is 0 Å². The first-order chi connectivity index (χ1) is 5.19. The van der Waals surface area contributed by atoms with Gasteiger partial charge >= 0.3 is 0 Å². The number of rotatable bonds is 3. The second-order valence-electron chi connectivity index (χ2n) is 5.71. The molecule has 12 heavy (non-hydrogen) atoms. The van der Waals surface area contributed by atoms with Crippen LogP contribution in [0.4, 0.5) is 0 Å². The molecule has 0 aromatic rings. The molecule has 1 unspecified atom stereocenters. The molecule has 0 bridgehead atoms. The van der Waals surface area contributed by atoms with Crippen LogP contribution in [0.1, 0.15) is 54.4 Å². The Bertz CT molecular complexity index is 130. The molecule has 0 saturated carbocycles. The lowest BCUT2D eigenvalue weighted by Crippen LogP contribution is -2.39. The zero-order valence-corrected chi connectivity index (χ0v) is 9.57. The molecule has 0 radical (unpaired) electrons. The van der Waals surface area contributed by atoms with Crippen molar-refractivity contribution < 1.29 is 0 Å². The van der Waals surface area contributed by atoms with Gasteiger partial charge in [0.1, 0.15) is 0 Å². The molecular weight excluding hydrogens is 146 g/mol. The molecule has 0 aliphatic rings. The molecule has 0 amide bonds. The molecule has 0 heterocycles. The first-order valence-corrected chi connectivity index (χ1v) is 4.94. The van der Waals surface area contributed by atoms with E-state index in [4.69, 9.17) is 5.73 Å². The molecule has 0 spiro atoms. The fourth-order valence-electron chi connectivity index (χ4n) is 1.20. The van der Waals surface area contributed by atoms with Gasteiger partial charge < -0.3 is 5.73 Å². The Morgan fingerprint density at radius 1 is 1.08 bits per heavy atom. The van der Waals surface area contributed by atoms with Gasteiger partial charge in [-0.3, -0.25) is 0 Å². The summed E-state index contributed by atoms with van der Waals surface area (Å²) in [4.78, 5) is 0. The number of hydrogen-bond acceptors (Lipinski definition) is 1. The highest BCUT2D eigenvalue weighted by atomic mass is 14.7. The third kappa shape index (κ3) is 4.10.